The Labute approximate surface area is 169 Å². The Kier molecular flexibility index (Phi) is 8.51. The summed E-state index contributed by atoms with van der Waals surface area (Å²) in [6.45, 7) is 0. The van der Waals surface area contributed by atoms with Crippen molar-refractivity contribution < 1.29 is 26.7 Å². The van der Waals surface area contributed by atoms with Gasteiger partial charge in [0.15, 0.2) is 24.8 Å². The fourth-order valence-electron chi connectivity index (χ4n) is 2.17. The van der Waals surface area contributed by atoms with Gasteiger partial charge < -0.3 is 9.11 Å². The van der Waals surface area contributed by atoms with Crippen molar-refractivity contribution in [1.82, 2.24) is 9.97 Å². The molecular weight excluding hydrogens is 392 g/mol. The summed E-state index contributed by atoms with van der Waals surface area (Å²) >= 11 is 0. The minimum atomic E-state index is -5.17. The number of nitrogens with zero attached hydrogens (tertiary/aromatic N) is 4. The van der Waals surface area contributed by atoms with Gasteiger partial charge in [0.05, 0.1) is 0 Å². The Morgan fingerprint density at radius 3 is 1.14 bits per heavy atom. The lowest BCUT2D eigenvalue weighted by Gasteiger charge is -2.06. The highest BCUT2D eigenvalue weighted by atomic mass is 32.3. The predicted octanol–water partition coefficient (Wildman–Crippen LogP) is 1.38. The maximum Gasteiger partial charge on any atom is 0.213 e. The molecule has 0 fully saturated rings. The van der Waals surface area contributed by atoms with E-state index in [4.69, 9.17) is 17.5 Å². The first kappa shape index (κ1) is 21.8. The van der Waals surface area contributed by atoms with Gasteiger partial charge in [-0.15, -0.1) is 0 Å². The largest absolute Gasteiger partial charge is 0.759 e. The van der Waals surface area contributed by atoms with Crippen LogP contribution in [0.2, 0.25) is 0 Å². The molecule has 4 heterocycles. The number of hydrogen-bond acceptors (Lipinski definition) is 6. The molecule has 0 bridgehead atoms. The Bertz CT molecular complexity index is 909. The average molecular weight is 410 g/mol. The lowest BCUT2D eigenvalue weighted by molar-refractivity contribution is -0.596. The van der Waals surface area contributed by atoms with Crippen LogP contribution in [0.15, 0.2) is 110 Å². The number of aromatic nitrogens is 4. The summed E-state index contributed by atoms with van der Waals surface area (Å²) < 4.78 is 38.2. The molecular formula is C20H18N4O4S. The SMILES string of the molecule is O=S(=O)([O-])[O-].c1cc[n+](-c2ccncc2)cc1.c1cc[n+](-c2ccncc2)cc1. The summed E-state index contributed by atoms with van der Waals surface area (Å²) in [4.78, 5) is 7.92. The van der Waals surface area contributed by atoms with Crippen molar-refractivity contribution in [3.8, 4) is 11.4 Å². The number of pyridine rings is 4. The van der Waals surface area contributed by atoms with E-state index in [-0.39, 0.29) is 0 Å². The lowest BCUT2D eigenvalue weighted by atomic mass is 10.4. The van der Waals surface area contributed by atoms with E-state index in [9.17, 15) is 0 Å². The van der Waals surface area contributed by atoms with Crippen molar-refractivity contribution in [1.29, 1.82) is 0 Å². The van der Waals surface area contributed by atoms with Gasteiger partial charge in [0, 0.05) is 83.7 Å². The van der Waals surface area contributed by atoms with Crippen molar-refractivity contribution in [2.45, 2.75) is 0 Å². The molecule has 0 radical (unpaired) electrons. The van der Waals surface area contributed by atoms with Crippen LogP contribution in [0.4, 0.5) is 0 Å². The molecule has 0 aliphatic heterocycles. The quantitative estimate of drug-likeness (QED) is 0.280. The first-order valence-electron chi connectivity index (χ1n) is 8.33. The highest BCUT2D eigenvalue weighted by molar-refractivity contribution is 7.79. The van der Waals surface area contributed by atoms with Crippen LogP contribution < -0.4 is 9.13 Å². The Balaban J connectivity index is 0.000000170. The van der Waals surface area contributed by atoms with Crippen molar-refractivity contribution in [3.63, 3.8) is 0 Å². The molecule has 4 aromatic rings. The average Bonchev–Trinajstić information content (AvgIpc) is 2.76. The van der Waals surface area contributed by atoms with Crippen LogP contribution in [0.25, 0.3) is 11.4 Å². The highest BCUT2D eigenvalue weighted by Gasteiger charge is 2.01. The maximum absolute atomic E-state index is 8.52. The second kappa shape index (κ2) is 11.3. The zero-order valence-electron chi connectivity index (χ0n) is 15.2. The number of hydrogen-bond donors (Lipinski definition) is 0. The first-order valence-corrected chi connectivity index (χ1v) is 9.67. The van der Waals surface area contributed by atoms with E-state index in [2.05, 4.69) is 9.97 Å². The van der Waals surface area contributed by atoms with Crippen molar-refractivity contribution in [2.24, 2.45) is 0 Å². The molecule has 0 aliphatic rings. The van der Waals surface area contributed by atoms with Crippen LogP contribution in [0, 0.1) is 0 Å². The lowest BCUT2D eigenvalue weighted by Crippen LogP contribution is -2.28. The fourth-order valence-corrected chi connectivity index (χ4v) is 2.17. The molecule has 0 saturated heterocycles. The Morgan fingerprint density at radius 2 is 0.862 bits per heavy atom. The third kappa shape index (κ3) is 9.29. The predicted molar refractivity (Wildman–Crippen MR) is 102 cm³/mol. The zero-order chi connectivity index (χ0) is 21.0. The smallest absolute Gasteiger partial charge is 0.213 e. The van der Waals surface area contributed by atoms with E-state index in [0.717, 1.165) is 11.4 Å². The third-order valence-electron chi connectivity index (χ3n) is 3.35. The molecule has 0 atom stereocenters. The van der Waals surface area contributed by atoms with Gasteiger partial charge >= 0.3 is 0 Å². The second-order valence-electron chi connectivity index (χ2n) is 5.38. The van der Waals surface area contributed by atoms with Gasteiger partial charge in [-0.25, -0.2) is 0 Å². The molecule has 9 heteroatoms. The Hall–Kier alpha value is -3.53. The van der Waals surface area contributed by atoms with Gasteiger partial charge in [0.1, 0.15) is 0 Å². The standard InChI is InChI=1S/2C10H9N2.H2O4S/c2*1-2-8-12(9-3-1)10-4-6-11-7-5-10;1-5(2,3)4/h2*1-9H;(H2,1,2,3,4)/q2*+1;/p-2. The molecule has 0 unspecified atom stereocenters. The van der Waals surface area contributed by atoms with E-state index >= 15 is 0 Å². The van der Waals surface area contributed by atoms with Crippen molar-refractivity contribution in [3.05, 3.63) is 110 Å². The van der Waals surface area contributed by atoms with Crippen LogP contribution in [0.5, 0.6) is 0 Å². The van der Waals surface area contributed by atoms with E-state index < -0.39 is 10.4 Å². The van der Waals surface area contributed by atoms with Gasteiger partial charge in [-0.1, -0.05) is 12.1 Å². The van der Waals surface area contributed by atoms with Gasteiger partial charge in [0.2, 0.25) is 11.4 Å². The van der Waals surface area contributed by atoms with Crippen LogP contribution in [-0.4, -0.2) is 27.5 Å². The summed E-state index contributed by atoms with van der Waals surface area (Å²) in [5, 5.41) is 0. The fraction of sp³-hybridized carbons (Fsp3) is 0. The highest BCUT2D eigenvalue weighted by Crippen LogP contribution is 1.94. The summed E-state index contributed by atoms with van der Waals surface area (Å²) in [6.07, 6.45) is 15.2. The molecule has 0 spiro atoms. The summed E-state index contributed by atoms with van der Waals surface area (Å²) in [6, 6.07) is 19.9. The first-order chi connectivity index (χ1) is 13.9. The second-order valence-corrected chi connectivity index (χ2v) is 6.20. The zero-order valence-corrected chi connectivity index (χ0v) is 16.0. The minimum absolute atomic E-state index is 1.13. The normalized spacial score (nSPS) is 10.0. The molecule has 29 heavy (non-hydrogen) atoms. The Morgan fingerprint density at radius 1 is 0.586 bits per heavy atom. The molecule has 148 valence electrons. The molecule has 4 aromatic heterocycles. The number of rotatable bonds is 2. The molecule has 0 saturated carbocycles. The molecule has 0 amide bonds. The monoisotopic (exact) mass is 410 g/mol. The molecule has 0 aliphatic carbocycles. The summed E-state index contributed by atoms with van der Waals surface area (Å²) in [5.74, 6) is 0. The van der Waals surface area contributed by atoms with Crippen LogP contribution in [-0.2, 0) is 10.4 Å². The molecule has 0 aromatic carbocycles. The minimum Gasteiger partial charge on any atom is -0.759 e. The van der Waals surface area contributed by atoms with Gasteiger partial charge in [-0.05, 0) is 0 Å². The van der Waals surface area contributed by atoms with E-state index in [0.29, 0.717) is 0 Å². The topological polar surface area (TPSA) is 114 Å². The van der Waals surface area contributed by atoms with Gasteiger partial charge in [-0.3, -0.25) is 18.4 Å². The van der Waals surface area contributed by atoms with E-state index in [1.54, 1.807) is 24.8 Å². The maximum atomic E-state index is 8.52. The van der Waals surface area contributed by atoms with Crippen LogP contribution >= 0.6 is 0 Å². The molecule has 4 rings (SSSR count). The molecule has 0 N–H and O–H groups in total. The summed E-state index contributed by atoms with van der Waals surface area (Å²) in [5.41, 5.74) is 2.26. The van der Waals surface area contributed by atoms with Gasteiger partial charge in [0.25, 0.3) is 0 Å². The molecule has 8 nitrogen and oxygen atoms in total. The summed E-state index contributed by atoms with van der Waals surface area (Å²) in [7, 11) is -5.17. The van der Waals surface area contributed by atoms with Crippen LogP contribution in [0.3, 0.4) is 0 Å². The van der Waals surface area contributed by atoms with E-state index in [1.165, 1.54) is 0 Å². The van der Waals surface area contributed by atoms with Crippen molar-refractivity contribution in [2.75, 3.05) is 0 Å². The van der Waals surface area contributed by atoms with E-state index in [1.807, 2.05) is 94.6 Å². The van der Waals surface area contributed by atoms with Crippen molar-refractivity contribution >= 4 is 10.4 Å². The van der Waals surface area contributed by atoms with Gasteiger partial charge in [-0.2, -0.15) is 9.13 Å². The van der Waals surface area contributed by atoms with Crippen LogP contribution in [0.1, 0.15) is 0 Å². The third-order valence-corrected chi connectivity index (χ3v) is 3.35.